The number of aromatic amines is 1. The van der Waals surface area contributed by atoms with E-state index in [-0.39, 0.29) is 0 Å². The lowest BCUT2D eigenvalue weighted by molar-refractivity contribution is -0.148. The zero-order valence-electron chi connectivity index (χ0n) is 22.9. The maximum absolute atomic E-state index is 5.75. The molecule has 0 amide bonds. The number of hydrogen-bond donors (Lipinski definition) is 1. The van der Waals surface area contributed by atoms with E-state index >= 15 is 0 Å². The molecule has 3 atom stereocenters. The van der Waals surface area contributed by atoms with Crippen LogP contribution in [0, 0.1) is 6.92 Å². The van der Waals surface area contributed by atoms with Crippen molar-refractivity contribution in [1.82, 2.24) is 19.9 Å². The Morgan fingerprint density at radius 1 is 0.800 bits per heavy atom. The van der Waals surface area contributed by atoms with Crippen LogP contribution in [0.4, 0.5) is 0 Å². The van der Waals surface area contributed by atoms with E-state index < -0.39 is 0 Å². The monoisotopic (exact) mass is 526 g/mol. The number of nitrogens with one attached hydrogen (secondary N) is 1. The van der Waals surface area contributed by atoms with Gasteiger partial charge in [0.2, 0.25) is 0 Å². The Morgan fingerprint density at radius 2 is 1.65 bits per heavy atom. The molecule has 1 N–H and O–H groups in total. The Kier molecular flexibility index (Phi) is 5.82. The summed E-state index contributed by atoms with van der Waals surface area (Å²) in [7, 11) is 0. The van der Waals surface area contributed by atoms with Crippen molar-refractivity contribution < 1.29 is 4.74 Å². The van der Waals surface area contributed by atoms with Crippen LogP contribution >= 0.6 is 0 Å². The van der Waals surface area contributed by atoms with Crippen LogP contribution < -0.4 is 0 Å². The third-order valence-electron chi connectivity index (χ3n) is 9.47. The van der Waals surface area contributed by atoms with E-state index in [1.54, 1.807) is 0 Å². The van der Waals surface area contributed by atoms with Gasteiger partial charge in [0.05, 0.1) is 18.9 Å². The van der Waals surface area contributed by atoms with E-state index in [2.05, 4.69) is 76.5 Å². The van der Waals surface area contributed by atoms with Crippen molar-refractivity contribution in [2.24, 2.45) is 0 Å². The second-order valence-corrected chi connectivity index (χ2v) is 11.8. The molecule has 40 heavy (non-hydrogen) atoms. The zero-order valence-corrected chi connectivity index (χ0v) is 22.9. The summed E-state index contributed by atoms with van der Waals surface area (Å²) >= 11 is 0. The molecule has 0 radical (unpaired) electrons. The molecule has 8 rings (SSSR count). The van der Waals surface area contributed by atoms with Gasteiger partial charge in [-0.3, -0.25) is 9.88 Å². The Labute approximate surface area is 235 Å². The average Bonchev–Trinajstić information content (AvgIpc) is 3.32. The summed E-state index contributed by atoms with van der Waals surface area (Å²) in [5.41, 5.74) is 12.2. The van der Waals surface area contributed by atoms with Crippen molar-refractivity contribution in [3.63, 3.8) is 0 Å². The number of pyridine rings is 2. The van der Waals surface area contributed by atoms with Gasteiger partial charge in [0.25, 0.3) is 0 Å². The maximum Gasteiger partial charge on any atom is 0.137 e. The second kappa shape index (κ2) is 9.69. The maximum atomic E-state index is 5.75. The largest absolute Gasteiger partial charge is 0.378 e. The highest BCUT2D eigenvalue weighted by Gasteiger charge is 2.45. The van der Waals surface area contributed by atoms with Gasteiger partial charge in [-0.05, 0) is 85.0 Å². The standard InChI is InChI=1S/C35H34N4O/c1-22-14-26(9-12-31(22)34-4-2-3-13-36-34)33-19-38-35-32(33)16-27(18-37-35)25-6-5-23-7-10-28(11-8-24(23)15-25)39-29-17-30(39)21-40-20-29/h2-6,9,12-16,18-19,28-30H,7-8,10-11,17,20-21H2,1H3,(H,37,38)/t28-,29?,30?/m0/s1. The molecule has 5 aromatic rings. The molecule has 200 valence electrons. The molecule has 3 aliphatic rings. The van der Waals surface area contributed by atoms with Gasteiger partial charge in [0.1, 0.15) is 5.65 Å². The lowest BCUT2D eigenvalue weighted by Gasteiger charge is -2.56. The van der Waals surface area contributed by atoms with Crippen molar-refractivity contribution in [1.29, 1.82) is 0 Å². The number of ether oxygens (including phenoxy) is 1. The minimum atomic E-state index is 0.656. The molecule has 2 aromatic carbocycles. The van der Waals surface area contributed by atoms with Crippen molar-refractivity contribution in [3.8, 4) is 33.5 Å². The summed E-state index contributed by atoms with van der Waals surface area (Å²) < 4.78 is 5.75. The molecule has 5 nitrogen and oxygen atoms in total. The van der Waals surface area contributed by atoms with Crippen LogP contribution in [0.2, 0.25) is 0 Å². The highest BCUT2D eigenvalue weighted by atomic mass is 16.5. The fourth-order valence-corrected chi connectivity index (χ4v) is 7.37. The van der Waals surface area contributed by atoms with Crippen LogP contribution in [0.5, 0.6) is 0 Å². The van der Waals surface area contributed by atoms with E-state index in [0.717, 1.165) is 36.4 Å². The molecule has 2 aliphatic heterocycles. The quantitative estimate of drug-likeness (QED) is 0.257. The van der Waals surface area contributed by atoms with Crippen LogP contribution in [0.15, 0.2) is 79.3 Å². The Bertz CT molecular complexity index is 1690. The number of morpholine rings is 1. The van der Waals surface area contributed by atoms with Gasteiger partial charge in [-0.2, -0.15) is 0 Å². The molecule has 5 heteroatoms. The summed E-state index contributed by atoms with van der Waals surface area (Å²) in [6.07, 6.45) is 12.1. The van der Waals surface area contributed by atoms with Gasteiger partial charge in [0, 0.05) is 58.8 Å². The van der Waals surface area contributed by atoms with Crippen LogP contribution in [0.25, 0.3) is 44.5 Å². The van der Waals surface area contributed by atoms with Gasteiger partial charge in [-0.15, -0.1) is 0 Å². The number of aryl methyl sites for hydroxylation is 3. The Hall–Kier alpha value is -3.80. The van der Waals surface area contributed by atoms with Crippen LogP contribution in [-0.4, -0.2) is 51.2 Å². The second-order valence-electron chi connectivity index (χ2n) is 11.8. The molecule has 5 heterocycles. The van der Waals surface area contributed by atoms with Crippen molar-refractivity contribution in [2.45, 2.75) is 57.2 Å². The molecule has 2 bridgehead atoms. The lowest BCUT2D eigenvalue weighted by Crippen LogP contribution is -2.66. The highest BCUT2D eigenvalue weighted by molar-refractivity contribution is 5.96. The fraction of sp³-hybridized carbons (Fsp3) is 0.314. The molecule has 0 spiro atoms. The Morgan fingerprint density at radius 3 is 2.45 bits per heavy atom. The van der Waals surface area contributed by atoms with Gasteiger partial charge < -0.3 is 9.72 Å². The summed E-state index contributed by atoms with van der Waals surface area (Å²) in [4.78, 5) is 15.5. The summed E-state index contributed by atoms with van der Waals surface area (Å²) in [5.74, 6) is 0. The van der Waals surface area contributed by atoms with Crippen LogP contribution in [0.3, 0.4) is 0 Å². The van der Waals surface area contributed by atoms with E-state index in [9.17, 15) is 0 Å². The smallest absolute Gasteiger partial charge is 0.137 e. The number of fused-ring (bicyclic) bond motifs is 4. The number of hydrogen-bond acceptors (Lipinski definition) is 4. The molecular weight excluding hydrogens is 492 g/mol. The fourth-order valence-electron chi connectivity index (χ4n) is 7.37. The number of benzene rings is 2. The van der Waals surface area contributed by atoms with Crippen LogP contribution in [-0.2, 0) is 17.6 Å². The molecule has 2 saturated heterocycles. The minimum Gasteiger partial charge on any atom is -0.378 e. The molecule has 3 aromatic heterocycles. The molecular formula is C35H34N4O. The first-order chi connectivity index (χ1) is 19.7. The number of aromatic nitrogens is 3. The predicted molar refractivity (Wildman–Crippen MR) is 160 cm³/mol. The number of rotatable bonds is 4. The van der Waals surface area contributed by atoms with E-state index in [0.29, 0.717) is 18.1 Å². The van der Waals surface area contributed by atoms with Crippen molar-refractivity contribution in [2.75, 3.05) is 13.2 Å². The molecule has 2 fully saturated rings. The third kappa shape index (κ3) is 4.07. The van der Waals surface area contributed by atoms with Gasteiger partial charge in [0.15, 0.2) is 0 Å². The zero-order chi connectivity index (χ0) is 26.6. The number of nitrogens with zero attached hydrogens (tertiary/aromatic N) is 3. The highest BCUT2D eigenvalue weighted by Crippen LogP contribution is 2.38. The topological polar surface area (TPSA) is 54.0 Å². The average molecular weight is 527 g/mol. The molecule has 0 saturated carbocycles. The van der Waals surface area contributed by atoms with E-state index in [1.165, 1.54) is 70.2 Å². The van der Waals surface area contributed by atoms with Gasteiger partial charge in [-0.1, -0.05) is 42.5 Å². The van der Waals surface area contributed by atoms with E-state index in [4.69, 9.17) is 9.72 Å². The summed E-state index contributed by atoms with van der Waals surface area (Å²) in [5, 5.41) is 1.16. The number of H-pyrrole nitrogens is 1. The first kappa shape index (κ1) is 24.0. The first-order valence-electron chi connectivity index (χ1n) is 14.7. The van der Waals surface area contributed by atoms with E-state index in [1.807, 2.05) is 24.5 Å². The van der Waals surface area contributed by atoms with Gasteiger partial charge >= 0.3 is 0 Å². The molecule has 2 unspecified atom stereocenters. The SMILES string of the molecule is Cc1cc(-c2c[nH]c3ncc(-c4ccc5c(c4)CC[C@@H](N4C6COCC4C6)CC5)cc23)ccc1-c1ccccn1. The normalized spacial score (nSPS) is 22.5. The van der Waals surface area contributed by atoms with Gasteiger partial charge in [-0.25, -0.2) is 4.98 Å². The van der Waals surface area contributed by atoms with Crippen molar-refractivity contribution >= 4 is 11.0 Å². The predicted octanol–water partition coefficient (Wildman–Crippen LogP) is 6.99. The Balaban J connectivity index is 1.08. The summed E-state index contributed by atoms with van der Waals surface area (Å²) in [6, 6.07) is 24.1. The minimum absolute atomic E-state index is 0.656. The van der Waals surface area contributed by atoms with Crippen molar-refractivity contribution in [3.05, 3.63) is 95.9 Å². The summed E-state index contributed by atoms with van der Waals surface area (Å²) in [6.45, 7) is 4.01. The molecule has 1 aliphatic carbocycles. The van der Waals surface area contributed by atoms with Crippen LogP contribution in [0.1, 0.15) is 36.0 Å². The third-order valence-corrected chi connectivity index (χ3v) is 9.47. The first-order valence-corrected chi connectivity index (χ1v) is 14.7. The lowest BCUT2D eigenvalue weighted by atomic mass is 9.87.